The molecule has 28 heavy (non-hydrogen) atoms. The van der Waals surface area contributed by atoms with Crippen LogP contribution in [-0.4, -0.2) is 25.5 Å². The molecule has 1 N–H and O–H groups in total. The Balaban J connectivity index is 1.59. The molecule has 1 heterocycles. The van der Waals surface area contributed by atoms with Crippen molar-refractivity contribution in [1.29, 1.82) is 0 Å². The van der Waals surface area contributed by atoms with E-state index in [1.807, 2.05) is 36.4 Å². The highest BCUT2D eigenvalue weighted by molar-refractivity contribution is 6.30. The zero-order valence-electron chi connectivity index (χ0n) is 15.8. The van der Waals surface area contributed by atoms with Crippen LogP contribution in [0, 0.1) is 0 Å². The van der Waals surface area contributed by atoms with Crippen LogP contribution in [-0.2, 0) is 15.0 Å². The van der Waals surface area contributed by atoms with Crippen LogP contribution in [0.5, 0.6) is 5.75 Å². The summed E-state index contributed by atoms with van der Waals surface area (Å²) in [5.41, 5.74) is 1.79. The summed E-state index contributed by atoms with van der Waals surface area (Å²) in [4.78, 5) is 27.2. The second kappa shape index (κ2) is 7.47. The summed E-state index contributed by atoms with van der Waals surface area (Å²) < 4.78 is 5.45. The molecule has 2 aliphatic rings. The van der Waals surface area contributed by atoms with E-state index >= 15 is 0 Å². The molecule has 2 aromatic carbocycles. The Kier molecular flexibility index (Phi) is 5.02. The van der Waals surface area contributed by atoms with Crippen molar-refractivity contribution in [1.82, 2.24) is 0 Å². The highest BCUT2D eigenvalue weighted by Crippen LogP contribution is 2.49. The normalized spacial score (nSPS) is 17.9. The molecule has 146 valence electrons. The third kappa shape index (κ3) is 3.47. The quantitative estimate of drug-likeness (QED) is 0.804. The van der Waals surface area contributed by atoms with Crippen LogP contribution in [0.1, 0.15) is 37.7 Å². The predicted molar refractivity (Wildman–Crippen MR) is 110 cm³/mol. The first kappa shape index (κ1) is 18.8. The number of nitrogens with one attached hydrogen (secondary N) is 1. The van der Waals surface area contributed by atoms with Crippen molar-refractivity contribution in [2.24, 2.45) is 0 Å². The Labute approximate surface area is 169 Å². The fraction of sp³-hybridized carbons (Fsp3) is 0.364. The van der Waals surface area contributed by atoms with E-state index in [9.17, 15) is 9.59 Å². The fourth-order valence-electron chi connectivity index (χ4n) is 3.85. The Morgan fingerprint density at radius 2 is 2.00 bits per heavy atom. The molecule has 0 radical (unpaired) electrons. The summed E-state index contributed by atoms with van der Waals surface area (Å²) in [6.07, 6.45) is 4.01. The van der Waals surface area contributed by atoms with E-state index in [0.29, 0.717) is 35.1 Å². The van der Waals surface area contributed by atoms with E-state index in [0.717, 1.165) is 31.2 Å². The summed E-state index contributed by atoms with van der Waals surface area (Å²) >= 11 is 6.11. The number of carbonyl (C=O) groups is 2. The van der Waals surface area contributed by atoms with Crippen molar-refractivity contribution in [3.05, 3.63) is 53.1 Å². The van der Waals surface area contributed by atoms with Crippen LogP contribution in [0.25, 0.3) is 0 Å². The maximum absolute atomic E-state index is 13.0. The molecule has 0 unspecified atom stereocenters. The van der Waals surface area contributed by atoms with Crippen molar-refractivity contribution < 1.29 is 14.3 Å². The van der Waals surface area contributed by atoms with Gasteiger partial charge in [-0.25, -0.2) is 0 Å². The molecule has 0 aromatic heterocycles. The summed E-state index contributed by atoms with van der Waals surface area (Å²) in [6, 6.07) is 12.9. The van der Waals surface area contributed by atoms with Gasteiger partial charge in [-0.15, -0.1) is 0 Å². The maximum Gasteiger partial charge on any atom is 0.235 e. The number of carbonyl (C=O) groups excluding carboxylic acids is 2. The van der Waals surface area contributed by atoms with Gasteiger partial charge in [0.25, 0.3) is 0 Å². The van der Waals surface area contributed by atoms with Crippen LogP contribution in [0.4, 0.5) is 11.4 Å². The lowest BCUT2D eigenvalue weighted by Gasteiger charge is -2.28. The molecule has 0 atom stereocenters. The molecule has 2 amide bonds. The summed E-state index contributed by atoms with van der Waals surface area (Å²) in [5.74, 6) is 0.672. The van der Waals surface area contributed by atoms with Crippen LogP contribution >= 0.6 is 11.6 Å². The number of amides is 2. The van der Waals surface area contributed by atoms with Gasteiger partial charge in [0.05, 0.1) is 18.2 Å². The Hall–Kier alpha value is -2.53. The first-order chi connectivity index (χ1) is 13.5. The monoisotopic (exact) mass is 398 g/mol. The van der Waals surface area contributed by atoms with Crippen LogP contribution in [0.2, 0.25) is 5.02 Å². The zero-order chi connectivity index (χ0) is 19.7. The number of methoxy groups -OCH3 is 1. The molecule has 1 saturated carbocycles. The molecule has 0 spiro atoms. The van der Waals surface area contributed by atoms with Crippen LogP contribution in [0.3, 0.4) is 0 Å². The van der Waals surface area contributed by atoms with E-state index in [1.54, 1.807) is 18.1 Å². The van der Waals surface area contributed by atoms with E-state index < -0.39 is 5.41 Å². The minimum Gasteiger partial charge on any atom is -0.495 e. The van der Waals surface area contributed by atoms with Crippen LogP contribution < -0.4 is 15.0 Å². The lowest BCUT2D eigenvalue weighted by atomic mass is 9.95. The van der Waals surface area contributed by atoms with Gasteiger partial charge in [-0.05, 0) is 61.6 Å². The Morgan fingerprint density at radius 1 is 1.18 bits per heavy atom. The highest BCUT2D eigenvalue weighted by atomic mass is 35.5. The van der Waals surface area contributed by atoms with E-state index in [1.165, 1.54) is 0 Å². The molecule has 5 nitrogen and oxygen atoms in total. The second-order valence-electron chi connectivity index (χ2n) is 7.44. The fourth-order valence-corrected chi connectivity index (χ4v) is 4.04. The number of nitrogens with zero attached hydrogens (tertiary/aromatic N) is 1. The van der Waals surface area contributed by atoms with Gasteiger partial charge < -0.3 is 15.0 Å². The highest BCUT2D eigenvalue weighted by Gasteiger charge is 2.51. The molecule has 1 aliphatic carbocycles. The molecule has 1 saturated heterocycles. The molecule has 2 aromatic rings. The lowest BCUT2D eigenvalue weighted by Crippen LogP contribution is -2.35. The van der Waals surface area contributed by atoms with E-state index in [4.69, 9.17) is 16.3 Å². The number of anilines is 2. The third-order valence-electron chi connectivity index (χ3n) is 5.61. The lowest BCUT2D eigenvalue weighted by molar-refractivity contribution is -0.119. The molecule has 6 heteroatoms. The minimum absolute atomic E-state index is 0.0455. The van der Waals surface area contributed by atoms with Gasteiger partial charge in [0.1, 0.15) is 5.75 Å². The van der Waals surface area contributed by atoms with E-state index in [-0.39, 0.29) is 11.8 Å². The number of hydrogen-bond acceptors (Lipinski definition) is 3. The summed E-state index contributed by atoms with van der Waals surface area (Å²) in [5, 5.41) is 3.66. The van der Waals surface area contributed by atoms with Gasteiger partial charge in [0.2, 0.25) is 11.8 Å². The van der Waals surface area contributed by atoms with Crippen molar-refractivity contribution in [2.45, 2.75) is 37.5 Å². The number of ether oxygens (including phenoxy) is 1. The first-order valence-electron chi connectivity index (χ1n) is 9.59. The predicted octanol–water partition coefficient (Wildman–Crippen LogP) is 4.54. The van der Waals surface area contributed by atoms with Gasteiger partial charge in [-0.2, -0.15) is 0 Å². The maximum atomic E-state index is 13.0. The number of benzene rings is 2. The van der Waals surface area contributed by atoms with Gasteiger partial charge >= 0.3 is 0 Å². The molecular weight excluding hydrogens is 376 g/mol. The van der Waals surface area contributed by atoms with E-state index in [2.05, 4.69) is 5.32 Å². The number of rotatable bonds is 5. The number of hydrogen-bond donors (Lipinski definition) is 1. The molecular formula is C22H23ClN2O3. The first-order valence-corrected chi connectivity index (χ1v) is 9.97. The largest absolute Gasteiger partial charge is 0.495 e. The molecule has 1 aliphatic heterocycles. The third-order valence-corrected chi connectivity index (χ3v) is 5.85. The van der Waals surface area contributed by atoms with Gasteiger partial charge in [0.15, 0.2) is 0 Å². The molecule has 0 bridgehead atoms. The smallest absolute Gasteiger partial charge is 0.235 e. The Bertz CT molecular complexity index is 924. The van der Waals surface area contributed by atoms with Gasteiger partial charge in [-0.3, -0.25) is 9.59 Å². The standard InChI is InChI=1S/C22H23ClN2O3/c1-28-19-9-8-17(14-18(19)25-12-3-2-7-20(25)26)24-21(27)22(10-11-22)15-5-4-6-16(23)13-15/h4-6,8-9,13-14H,2-3,7,10-12H2,1H3,(H,24,27). The topological polar surface area (TPSA) is 58.6 Å². The molecule has 4 rings (SSSR count). The summed E-state index contributed by atoms with van der Waals surface area (Å²) in [6.45, 7) is 0.666. The average Bonchev–Trinajstić information content (AvgIpc) is 3.50. The average molecular weight is 399 g/mol. The SMILES string of the molecule is COc1ccc(NC(=O)C2(c3cccc(Cl)c3)CC2)cc1N1CCCCC1=O. The van der Waals surface area contributed by atoms with Crippen LogP contribution in [0.15, 0.2) is 42.5 Å². The number of halogens is 1. The van der Waals surface area contributed by atoms with Crippen molar-refractivity contribution >= 4 is 34.8 Å². The van der Waals surface area contributed by atoms with Gasteiger partial charge in [0, 0.05) is 23.7 Å². The molecule has 2 fully saturated rings. The van der Waals surface area contributed by atoms with Crippen molar-refractivity contribution in [2.75, 3.05) is 23.9 Å². The second-order valence-corrected chi connectivity index (χ2v) is 7.87. The summed E-state index contributed by atoms with van der Waals surface area (Å²) in [7, 11) is 1.59. The van der Waals surface area contributed by atoms with Gasteiger partial charge in [-0.1, -0.05) is 23.7 Å². The van der Waals surface area contributed by atoms with Crippen molar-refractivity contribution in [3.63, 3.8) is 0 Å². The number of piperidine rings is 1. The Morgan fingerprint density at radius 3 is 2.68 bits per heavy atom. The van der Waals surface area contributed by atoms with Crippen molar-refractivity contribution in [3.8, 4) is 5.75 Å². The zero-order valence-corrected chi connectivity index (χ0v) is 16.6. The minimum atomic E-state index is -0.522.